The maximum atomic E-state index is 12.1. The Hall–Kier alpha value is -0.530. The molecule has 1 aliphatic rings. The Labute approximate surface area is 41.8 Å². The Morgan fingerprint density at radius 3 is 2.57 bits per heavy atom. The molecule has 0 aliphatic carbocycles. The van der Waals surface area contributed by atoms with Crippen LogP contribution in [0.1, 0.15) is 13.3 Å². The molecular formula is C5H7FO. The Morgan fingerprint density at radius 1 is 1.71 bits per heavy atom. The minimum atomic E-state index is -0.0972. The van der Waals surface area contributed by atoms with Crippen LogP contribution in [0, 0.1) is 0 Å². The molecule has 0 atom stereocenters. The number of hydrogen-bond donors (Lipinski definition) is 0. The summed E-state index contributed by atoms with van der Waals surface area (Å²) in [5.74, 6) is 0.361. The lowest BCUT2D eigenvalue weighted by Crippen LogP contribution is -1.76. The molecule has 7 heavy (non-hydrogen) atoms. The first-order valence-electron chi connectivity index (χ1n) is 2.29. The Kier molecular flexibility index (Phi) is 1.01. The zero-order valence-electron chi connectivity index (χ0n) is 4.20. The molecule has 0 fully saturated rings. The Balaban J connectivity index is 2.64. The molecule has 0 N–H and O–H groups in total. The topological polar surface area (TPSA) is 9.23 Å². The summed E-state index contributed by atoms with van der Waals surface area (Å²) >= 11 is 0. The first-order chi connectivity index (χ1) is 3.30. The van der Waals surface area contributed by atoms with Gasteiger partial charge in [-0.15, -0.1) is 0 Å². The highest BCUT2D eigenvalue weighted by atomic mass is 19.1. The molecule has 0 saturated heterocycles. The summed E-state index contributed by atoms with van der Waals surface area (Å²) in [5.41, 5.74) is 0. The second-order valence-corrected chi connectivity index (χ2v) is 1.56. The van der Waals surface area contributed by atoms with Gasteiger partial charge in [-0.25, -0.2) is 4.39 Å². The quantitative estimate of drug-likeness (QED) is 0.451. The van der Waals surface area contributed by atoms with Gasteiger partial charge in [0.25, 0.3) is 0 Å². The molecule has 1 heterocycles. The minimum absolute atomic E-state index is 0.0972. The van der Waals surface area contributed by atoms with Gasteiger partial charge in [-0.2, -0.15) is 0 Å². The lowest BCUT2D eigenvalue weighted by molar-refractivity contribution is 0.246. The van der Waals surface area contributed by atoms with E-state index in [2.05, 4.69) is 0 Å². The van der Waals surface area contributed by atoms with Gasteiger partial charge in [-0.05, 0) is 6.92 Å². The van der Waals surface area contributed by atoms with Crippen LogP contribution in [0.2, 0.25) is 0 Å². The maximum absolute atomic E-state index is 12.1. The van der Waals surface area contributed by atoms with Crippen LogP contribution in [0.15, 0.2) is 11.6 Å². The van der Waals surface area contributed by atoms with E-state index in [9.17, 15) is 4.39 Å². The highest BCUT2D eigenvalue weighted by Crippen LogP contribution is 2.18. The molecule has 0 aromatic carbocycles. The SMILES string of the molecule is CC1=C(F)CCO1. The van der Waals surface area contributed by atoms with E-state index in [1.807, 2.05) is 0 Å². The summed E-state index contributed by atoms with van der Waals surface area (Å²) in [6, 6.07) is 0. The number of ether oxygens (including phenoxy) is 1. The average Bonchev–Trinajstić information content (AvgIpc) is 1.91. The molecule has 1 nitrogen and oxygen atoms in total. The van der Waals surface area contributed by atoms with E-state index in [0.717, 1.165) is 0 Å². The molecule has 0 radical (unpaired) electrons. The smallest absolute Gasteiger partial charge is 0.141 e. The second kappa shape index (κ2) is 1.52. The van der Waals surface area contributed by atoms with Crippen molar-refractivity contribution < 1.29 is 9.13 Å². The van der Waals surface area contributed by atoms with E-state index < -0.39 is 0 Å². The zero-order chi connectivity index (χ0) is 5.28. The largest absolute Gasteiger partial charge is 0.495 e. The number of rotatable bonds is 0. The first kappa shape index (κ1) is 4.62. The van der Waals surface area contributed by atoms with Crippen LogP contribution in [0.4, 0.5) is 4.39 Å². The van der Waals surface area contributed by atoms with Gasteiger partial charge >= 0.3 is 0 Å². The summed E-state index contributed by atoms with van der Waals surface area (Å²) in [6.07, 6.45) is 0.464. The molecule has 0 spiro atoms. The van der Waals surface area contributed by atoms with Crippen LogP contribution in [0.3, 0.4) is 0 Å². The Bertz CT molecular complexity index is 94.6. The number of hydrogen-bond acceptors (Lipinski definition) is 1. The summed E-state index contributed by atoms with van der Waals surface area (Å²) < 4.78 is 16.8. The van der Waals surface area contributed by atoms with Crippen LogP contribution >= 0.6 is 0 Å². The average molecular weight is 102 g/mol. The summed E-state index contributed by atoms with van der Waals surface area (Å²) in [5, 5.41) is 0. The highest BCUT2D eigenvalue weighted by molar-refractivity contribution is 5.01. The van der Waals surface area contributed by atoms with Gasteiger partial charge < -0.3 is 4.74 Å². The van der Waals surface area contributed by atoms with Crippen molar-refractivity contribution in [3.05, 3.63) is 11.6 Å². The zero-order valence-corrected chi connectivity index (χ0v) is 4.20. The standard InChI is InChI=1S/C5H7FO/c1-4-5(6)2-3-7-4/h2-3H2,1H3. The monoisotopic (exact) mass is 102 g/mol. The van der Waals surface area contributed by atoms with E-state index in [4.69, 9.17) is 4.74 Å². The molecule has 0 aromatic heterocycles. The van der Waals surface area contributed by atoms with Gasteiger partial charge in [0.05, 0.1) is 6.61 Å². The van der Waals surface area contributed by atoms with Crippen LogP contribution < -0.4 is 0 Å². The molecule has 40 valence electrons. The molecular weight excluding hydrogens is 95.1 g/mol. The van der Waals surface area contributed by atoms with Crippen molar-refractivity contribution in [1.82, 2.24) is 0 Å². The van der Waals surface area contributed by atoms with Crippen LogP contribution in [-0.4, -0.2) is 6.61 Å². The maximum Gasteiger partial charge on any atom is 0.141 e. The van der Waals surface area contributed by atoms with Crippen molar-refractivity contribution in [2.75, 3.05) is 6.61 Å². The highest BCUT2D eigenvalue weighted by Gasteiger charge is 2.09. The van der Waals surface area contributed by atoms with E-state index in [-0.39, 0.29) is 5.83 Å². The van der Waals surface area contributed by atoms with Crippen molar-refractivity contribution in [2.24, 2.45) is 0 Å². The third-order valence-electron chi connectivity index (χ3n) is 1.02. The Morgan fingerprint density at radius 2 is 2.43 bits per heavy atom. The molecule has 0 aromatic rings. The number of halogens is 1. The summed E-state index contributed by atoms with van der Waals surface area (Å²) in [6.45, 7) is 2.17. The van der Waals surface area contributed by atoms with Crippen LogP contribution in [0.25, 0.3) is 0 Å². The second-order valence-electron chi connectivity index (χ2n) is 1.56. The third-order valence-corrected chi connectivity index (χ3v) is 1.02. The van der Waals surface area contributed by atoms with Gasteiger partial charge in [0, 0.05) is 6.42 Å². The fourth-order valence-electron chi connectivity index (χ4n) is 0.548. The predicted octanol–water partition coefficient (Wildman–Crippen LogP) is 1.61. The van der Waals surface area contributed by atoms with Gasteiger partial charge in [-0.3, -0.25) is 0 Å². The van der Waals surface area contributed by atoms with E-state index >= 15 is 0 Å². The van der Waals surface area contributed by atoms with Crippen molar-refractivity contribution in [3.8, 4) is 0 Å². The summed E-state index contributed by atoms with van der Waals surface area (Å²) in [7, 11) is 0. The van der Waals surface area contributed by atoms with Crippen molar-refractivity contribution in [1.29, 1.82) is 0 Å². The van der Waals surface area contributed by atoms with Crippen LogP contribution in [-0.2, 0) is 4.74 Å². The lowest BCUT2D eigenvalue weighted by atomic mass is 10.4. The van der Waals surface area contributed by atoms with Crippen molar-refractivity contribution in [3.63, 3.8) is 0 Å². The molecule has 1 aliphatic heterocycles. The van der Waals surface area contributed by atoms with E-state index in [1.54, 1.807) is 6.92 Å². The van der Waals surface area contributed by atoms with Crippen molar-refractivity contribution in [2.45, 2.75) is 13.3 Å². The fraction of sp³-hybridized carbons (Fsp3) is 0.600. The lowest BCUT2D eigenvalue weighted by Gasteiger charge is -1.89. The summed E-state index contributed by atoms with van der Waals surface area (Å²) in [4.78, 5) is 0. The van der Waals surface area contributed by atoms with E-state index in [1.165, 1.54) is 0 Å². The third kappa shape index (κ3) is 0.734. The van der Waals surface area contributed by atoms with Crippen molar-refractivity contribution >= 4 is 0 Å². The van der Waals surface area contributed by atoms with Gasteiger partial charge in [0.15, 0.2) is 0 Å². The molecule has 2 heteroatoms. The first-order valence-corrected chi connectivity index (χ1v) is 2.29. The molecule has 0 saturated carbocycles. The molecule has 0 amide bonds. The van der Waals surface area contributed by atoms with E-state index in [0.29, 0.717) is 18.8 Å². The van der Waals surface area contributed by atoms with Crippen LogP contribution in [0.5, 0.6) is 0 Å². The fourth-order valence-corrected chi connectivity index (χ4v) is 0.548. The normalized spacial score (nSPS) is 20.3. The number of allylic oxidation sites excluding steroid dienone is 1. The molecule has 0 unspecified atom stereocenters. The molecule has 1 rings (SSSR count). The minimum Gasteiger partial charge on any atom is -0.495 e. The van der Waals surface area contributed by atoms with Gasteiger partial charge in [0.1, 0.15) is 11.6 Å². The van der Waals surface area contributed by atoms with Gasteiger partial charge in [0.2, 0.25) is 0 Å². The molecule has 0 bridgehead atoms. The predicted molar refractivity (Wildman–Crippen MR) is 24.4 cm³/mol. The van der Waals surface area contributed by atoms with Gasteiger partial charge in [-0.1, -0.05) is 0 Å².